The Labute approximate surface area is 166 Å². The first kappa shape index (κ1) is 23.7. The van der Waals surface area contributed by atoms with Crippen LogP contribution in [0.5, 0.6) is 0 Å². The summed E-state index contributed by atoms with van der Waals surface area (Å²) in [5.41, 5.74) is -0.890. The molecule has 0 saturated heterocycles. The molecule has 29 heavy (non-hydrogen) atoms. The van der Waals surface area contributed by atoms with Gasteiger partial charge in [-0.1, -0.05) is 0 Å². The third-order valence-electron chi connectivity index (χ3n) is 3.54. The number of nitrogens with zero attached hydrogens (tertiary/aromatic N) is 1. The minimum Gasteiger partial charge on any atom is -0.508 e. The third-order valence-corrected chi connectivity index (χ3v) is 4.94. The number of hydrogen-bond acceptors (Lipinski definition) is 10. The Morgan fingerprint density at radius 2 is 1.93 bits per heavy atom. The number of aliphatic hydroxyl groups is 1. The highest BCUT2D eigenvalue weighted by Crippen LogP contribution is 2.26. The molecule has 0 atom stereocenters. The highest BCUT2D eigenvalue weighted by atomic mass is 32.2. The average molecular weight is 428 g/mol. The van der Waals surface area contributed by atoms with Crippen molar-refractivity contribution in [2.75, 3.05) is 25.5 Å². The van der Waals surface area contributed by atoms with E-state index in [-0.39, 0.29) is 17.0 Å². The maximum Gasteiger partial charge on any atom is 0.321 e. The molecule has 1 aromatic carbocycles. The summed E-state index contributed by atoms with van der Waals surface area (Å²) in [6.45, 7) is 0.837. The number of carbonyl (C=O) groups is 2. The van der Waals surface area contributed by atoms with E-state index in [1.165, 1.54) is 20.0 Å². The van der Waals surface area contributed by atoms with Crippen LogP contribution in [0.15, 0.2) is 34.4 Å². The smallest absolute Gasteiger partial charge is 0.321 e. The molecule has 0 heterocycles. The van der Waals surface area contributed by atoms with Crippen LogP contribution in [0.2, 0.25) is 0 Å². The molecule has 0 saturated carbocycles. The van der Waals surface area contributed by atoms with Gasteiger partial charge in [-0.25, -0.2) is 8.42 Å². The molecule has 0 aliphatic carbocycles. The highest BCUT2D eigenvalue weighted by Gasteiger charge is 2.22. The lowest BCUT2D eigenvalue weighted by atomic mass is 10.1. The summed E-state index contributed by atoms with van der Waals surface area (Å²) in [6.07, 6.45) is 0. The second-order valence-corrected chi connectivity index (χ2v) is 7.44. The van der Waals surface area contributed by atoms with Crippen molar-refractivity contribution >= 4 is 38.9 Å². The predicted octanol–water partition coefficient (Wildman–Crippen LogP) is 0.899. The van der Waals surface area contributed by atoms with E-state index in [1.807, 2.05) is 4.72 Å². The molecule has 0 spiro atoms. The van der Waals surface area contributed by atoms with Crippen molar-refractivity contribution in [1.29, 1.82) is 5.41 Å². The third kappa shape index (κ3) is 6.36. The molecule has 0 fully saturated rings. The number of Topliss-reactive ketones (excluding diaryl/α,β-unsaturated/α-hetero) is 1. The van der Waals surface area contributed by atoms with E-state index in [9.17, 15) is 33.2 Å². The van der Waals surface area contributed by atoms with Crippen LogP contribution in [0.25, 0.3) is 0 Å². The van der Waals surface area contributed by atoms with Crippen molar-refractivity contribution in [3.63, 3.8) is 0 Å². The number of aliphatic hydroxyl groups excluding tert-OH is 1. The first-order valence-corrected chi connectivity index (χ1v) is 9.49. The number of anilines is 1. The normalized spacial score (nSPS) is 12.0. The van der Waals surface area contributed by atoms with Gasteiger partial charge in [-0.2, -0.15) is 4.72 Å². The summed E-state index contributed by atoms with van der Waals surface area (Å²) < 4.78 is 31.1. The van der Waals surface area contributed by atoms with E-state index in [4.69, 9.17) is 5.41 Å². The van der Waals surface area contributed by atoms with Crippen molar-refractivity contribution in [1.82, 2.24) is 4.72 Å². The number of esters is 1. The molecule has 0 aromatic heterocycles. The number of nitro benzene ring substituents is 1. The zero-order valence-electron chi connectivity index (χ0n) is 15.8. The molecule has 0 aliphatic heterocycles. The number of allylic oxidation sites excluding steroid dienone is 1. The van der Waals surface area contributed by atoms with E-state index >= 15 is 0 Å². The van der Waals surface area contributed by atoms with Crippen LogP contribution in [-0.4, -0.2) is 56.1 Å². The molecule has 13 heteroatoms. The number of ketones is 1. The second-order valence-electron chi connectivity index (χ2n) is 5.67. The number of sulfonamides is 1. The SMILES string of the molecule is CNc1ccc(S(=O)(=O)NCC(=O)OC/C(O)=C(\C(C)=N)C(C)=O)cc1[N+](=O)[O-]. The fraction of sp³-hybridized carbons (Fsp3) is 0.312. The summed E-state index contributed by atoms with van der Waals surface area (Å²) >= 11 is 0. The minimum absolute atomic E-state index is 0.110. The predicted molar refractivity (Wildman–Crippen MR) is 103 cm³/mol. The number of nitrogens with one attached hydrogen (secondary N) is 3. The van der Waals surface area contributed by atoms with Gasteiger partial charge in [-0.15, -0.1) is 0 Å². The van der Waals surface area contributed by atoms with E-state index < -0.39 is 56.2 Å². The molecule has 4 N–H and O–H groups in total. The van der Waals surface area contributed by atoms with Gasteiger partial charge in [0.25, 0.3) is 5.69 Å². The lowest BCUT2D eigenvalue weighted by molar-refractivity contribution is -0.384. The van der Waals surface area contributed by atoms with Crippen molar-refractivity contribution in [2.24, 2.45) is 0 Å². The molecule has 0 bridgehead atoms. The Balaban J connectivity index is 2.85. The Morgan fingerprint density at radius 1 is 1.31 bits per heavy atom. The molecular weight excluding hydrogens is 408 g/mol. The Kier molecular flexibility index (Phi) is 7.97. The van der Waals surface area contributed by atoms with Crippen LogP contribution in [0.4, 0.5) is 11.4 Å². The summed E-state index contributed by atoms with van der Waals surface area (Å²) in [5.74, 6) is -2.31. The van der Waals surface area contributed by atoms with Gasteiger partial charge in [0.1, 0.15) is 24.6 Å². The highest BCUT2D eigenvalue weighted by molar-refractivity contribution is 7.89. The molecule has 0 amide bonds. The largest absolute Gasteiger partial charge is 0.508 e. The zero-order valence-corrected chi connectivity index (χ0v) is 16.6. The molecule has 0 aliphatic rings. The summed E-state index contributed by atoms with van der Waals surface area (Å²) in [6, 6.07) is 3.16. The van der Waals surface area contributed by atoms with Crippen molar-refractivity contribution in [3.05, 3.63) is 39.6 Å². The van der Waals surface area contributed by atoms with E-state index in [2.05, 4.69) is 10.1 Å². The number of ether oxygens (including phenoxy) is 1. The van der Waals surface area contributed by atoms with E-state index in [0.29, 0.717) is 0 Å². The van der Waals surface area contributed by atoms with Crippen LogP contribution < -0.4 is 10.0 Å². The molecule has 0 radical (unpaired) electrons. The van der Waals surface area contributed by atoms with Gasteiger partial charge in [-0.3, -0.25) is 19.7 Å². The molecular formula is C16H20N4O8S. The van der Waals surface area contributed by atoms with Gasteiger partial charge in [0, 0.05) is 18.8 Å². The average Bonchev–Trinajstić information content (AvgIpc) is 2.63. The number of carbonyl (C=O) groups excluding carboxylic acids is 2. The molecule has 0 unspecified atom stereocenters. The van der Waals surface area contributed by atoms with Gasteiger partial charge < -0.3 is 20.6 Å². The van der Waals surface area contributed by atoms with E-state index in [1.54, 1.807) is 0 Å². The standard InChI is InChI=1S/C16H20N4O8S/c1-9(17)16(10(2)21)14(22)8-28-15(23)7-19-29(26,27)11-4-5-12(18-3)13(6-11)20(24)25/h4-6,17-19,22H,7-8H2,1-3H3/b16-14-,17-9?. The minimum atomic E-state index is -4.26. The fourth-order valence-electron chi connectivity index (χ4n) is 2.23. The number of benzene rings is 1. The lowest BCUT2D eigenvalue weighted by Crippen LogP contribution is -2.31. The fourth-order valence-corrected chi connectivity index (χ4v) is 3.22. The van der Waals surface area contributed by atoms with Crippen molar-refractivity contribution in [2.45, 2.75) is 18.7 Å². The maximum absolute atomic E-state index is 12.2. The topological polar surface area (TPSA) is 189 Å². The van der Waals surface area contributed by atoms with Gasteiger partial charge in [0.15, 0.2) is 5.78 Å². The molecule has 158 valence electrons. The lowest BCUT2D eigenvalue weighted by Gasteiger charge is -2.10. The van der Waals surface area contributed by atoms with Crippen LogP contribution in [-0.2, 0) is 24.3 Å². The summed E-state index contributed by atoms with van der Waals surface area (Å²) in [4.78, 5) is 32.9. The zero-order chi connectivity index (χ0) is 22.4. The summed E-state index contributed by atoms with van der Waals surface area (Å²) in [7, 11) is -2.83. The summed E-state index contributed by atoms with van der Waals surface area (Å²) in [5, 5.41) is 30.8. The molecule has 1 aromatic rings. The van der Waals surface area contributed by atoms with Crippen molar-refractivity contribution < 1.29 is 32.8 Å². The molecule has 12 nitrogen and oxygen atoms in total. The maximum atomic E-state index is 12.2. The first-order valence-electron chi connectivity index (χ1n) is 8.00. The number of nitro groups is 1. The quantitative estimate of drug-likeness (QED) is 0.105. The Bertz CT molecular complexity index is 969. The van der Waals surface area contributed by atoms with Gasteiger partial charge >= 0.3 is 5.97 Å². The molecule has 1 rings (SSSR count). The van der Waals surface area contributed by atoms with Gasteiger partial charge in [-0.05, 0) is 26.0 Å². The van der Waals surface area contributed by atoms with Crippen LogP contribution >= 0.6 is 0 Å². The van der Waals surface area contributed by atoms with Crippen molar-refractivity contribution in [3.8, 4) is 0 Å². The van der Waals surface area contributed by atoms with Crippen LogP contribution in [0.3, 0.4) is 0 Å². The van der Waals surface area contributed by atoms with Crippen LogP contribution in [0, 0.1) is 15.5 Å². The Hall–Kier alpha value is -3.32. The second kappa shape index (κ2) is 9.75. The van der Waals surface area contributed by atoms with Gasteiger partial charge in [0.2, 0.25) is 10.0 Å². The van der Waals surface area contributed by atoms with E-state index in [0.717, 1.165) is 19.1 Å². The Morgan fingerprint density at radius 3 is 2.41 bits per heavy atom. The first-order chi connectivity index (χ1) is 13.4. The number of hydrogen-bond donors (Lipinski definition) is 4. The van der Waals surface area contributed by atoms with Crippen LogP contribution in [0.1, 0.15) is 13.8 Å². The number of rotatable bonds is 10. The monoisotopic (exact) mass is 428 g/mol. The van der Waals surface area contributed by atoms with Gasteiger partial charge in [0.05, 0.1) is 15.4 Å².